The summed E-state index contributed by atoms with van der Waals surface area (Å²) in [5.74, 6) is 1.55. The quantitative estimate of drug-likeness (QED) is 0.287. The molecule has 1 heterocycles. The summed E-state index contributed by atoms with van der Waals surface area (Å²) in [6, 6.07) is 0. The molecule has 0 aromatic rings. The molecule has 1 aliphatic carbocycles. The lowest BCUT2D eigenvalue weighted by Gasteiger charge is -2.26. The predicted octanol–water partition coefficient (Wildman–Crippen LogP) is 5.75. The number of carbonyl (C=O) groups excluding carboxylic acids is 2. The Labute approximate surface area is 184 Å². The molecular formula is C25H45N3O2. The van der Waals surface area contributed by atoms with E-state index in [9.17, 15) is 9.59 Å². The van der Waals surface area contributed by atoms with Crippen molar-refractivity contribution >= 4 is 17.6 Å². The van der Waals surface area contributed by atoms with E-state index >= 15 is 0 Å². The molecule has 0 saturated heterocycles. The lowest BCUT2D eigenvalue weighted by Crippen LogP contribution is -2.44. The van der Waals surface area contributed by atoms with Crippen LogP contribution in [0.1, 0.15) is 123 Å². The van der Waals surface area contributed by atoms with Crippen LogP contribution in [0.4, 0.5) is 0 Å². The number of rotatable bonds is 14. The van der Waals surface area contributed by atoms with Crippen LogP contribution in [0, 0.1) is 5.92 Å². The van der Waals surface area contributed by atoms with E-state index in [2.05, 4.69) is 18.8 Å². The van der Waals surface area contributed by atoms with Crippen molar-refractivity contribution < 1.29 is 9.59 Å². The third kappa shape index (κ3) is 7.39. The van der Waals surface area contributed by atoms with Crippen molar-refractivity contribution in [1.29, 1.82) is 0 Å². The summed E-state index contributed by atoms with van der Waals surface area (Å²) in [5.41, 5.74) is 5.55. The predicted molar refractivity (Wildman–Crippen MR) is 124 cm³/mol. The number of guanidine groups is 1. The first kappa shape index (κ1) is 24.9. The number of amides is 1. The summed E-state index contributed by atoms with van der Waals surface area (Å²) in [7, 11) is 0. The maximum Gasteiger partial charge on any atom is 0.257 e. The smallest absolute Gasteiger partial charge is 0.257 e. The van der Waals surface area contributed by atoms with Gasteiger partial charge in [0.15, 0.2) is 5.96 Å². The zero-order chi connectivity index (χ0) is 21.8. The molecule has 1 amide bonds. The Bertz CT molecular complexity index is 557. The second-order valence-electron chi connectivity index (χ2n) is 9.58. The van der Waals surface area contributed by atoms with Crippen LogP contribution >= 0.6 is 0 Å². The van der Waals surface area contributed by atoms with Gasteiger partial charge in [-0.1, -0.05) is 84.5 Å². The van der Waals surface area contributed by atoms with Gasteiger partial charge in [-0.05, 0) is 31.6 Å². The minimum Gasteiger partial charge on any atom is -0.369 e. The van der Waals surface area contributed by atoms with Crippen molar-refractivity contribution in [2.45, 2.75) is 129 Å². The zero-order valence-electron chi connectivity index (χ0n) is 19.6. The van der Waals surface area contributed by atoms with Gasteiger partial charge in [0.25, 0.3) is 5.91 Å². The van der Waals surface area contributed by atoms with E-state index in [4.69, 9.17) is 5.73 Å². The monoisotopic (exact) mass is 419 g/mol. The summed E-state index contributed by atoms with van der Waals surface area (Å²) in [6.45, 7) is 4.93. The lowest BCUT2D eigenvalue weighted by atomic mass is 9.87. The molecule has 0 aromatic carbocycles. The van der Waals surface area contributed by atoms with Gasteiger partial charge in [0, 0.05) is 19.4 Å². The van der Waals surface area contributed by atoms with E-state index < -0.39 is 5.54 Å². The summed E-state index contributed by atoms with van der Waals surface area (Å²) in [4.78, 5) is 31.9. The maximum atomic E-state index is 13.1. The van der Waals surface area contributed by atoms with Gasteiger partial charge in [-0.2, -0.15) is 0 Å². The minimum atomic E-state index is -0.620. The van der Waals surface area contributed by atoms with Crippen LogP contribution in [0.5, 0.6) is 0 Å². The van der Waals surface area contributed by atoms with Gasteiger partial charge in [-0.3, -0.25) is 14.5 Å². The van der Waals surface area contributed by atoms with Gasteiger partial charge in [-0.15, -0.1) is 0 Å². The van der Waals surface area contributed by atoms with Crippen molar-refractivity contribution in [2.75, 3.05) is 6.54 Å². The number of hydrogen-bond acceptors (Lipinski definition) is 4. The Hall–Kier alpha value is -1.39. The normalized spacial score (nSPS) is 19.7. The Kier molecular flexibility index (Phi) is 10.9. The average molecular weight is 420 g/mol. The molecule has 0 unspecified atom stereocenters. The van der Waals surface area contributed by atoms with Gasteiger partial charge < -0.3 is 5.73 Å². The fourth-order valence-electron chi connectivity index (χ4n) is 5.05. The Morgan fingerprint density at radius 2 is 1.63 bits per heavy atom. The standard InChI is InChI=1S/C25H45N3O2/c1-3-5-17-25(18-6-4-2)23(30)28(24(26)27-25)19-13-9-12-16-22(29)20-21-14-10-7-8-11-15-21/h21H,3-20H2,1-2H3,(H2,26,27). The molecule has 2 aliphatic rings. The van der Waals surface area contributed by atoms with Gasteiger partial charge in [0.1, 0.15) is 11.3 Å². The molecule has 1 saturated carbocycles. The largest absolute Gasteiger partial charge is 0.369 e. The molecule has 1 fully saturated rings. The third-order valence-electron chi connectivity index (χ3n) is 6.96. The molecule has 2 rings (SSSR count). The van der Waals surface area contributed by atoms with Crippen LogP contribution in [0.2, 0.25) is 0 Å². The third-order valence-corrected chi connectivity index (χ3v) is 6.96. The number of hydrogen-bond donors (Lipinski definition) is 1. The van der Waals surface area contributed by atoms with Crippen LogP contribution < -0.4 is 5.73 Å². The number of unbranched alkanes of at least 4 members (excludes halogenated alkanes) is 4. The van der Waals surface area contributed by atoms with E-state index in [0.29, 0.717) is 30.6 Å². The summed E-state index contributed by atoms with van der Waals surface area (Å²) >= 11 is 0. The van der Waals surface area contributed by atoms with Crippen LogP contribution in [0.15, 0.2) is 4.99 Å². The maximum absolute atomic E-state index is 13.1. The number of nitrogens with two attached hydrogens (primary N) is 1. The van der Waals surface area contributed by atoms with Gasteiger partial charge in [0.2, 0.25) is 0 Å². The molecule has 0 spiro atoms. The second-order valence-corrected chi connectivity index (χ2v) is 9.58. The number of carbonyl (C=O) groups is 2. The Morgan fingerprint density at radius 3 is 2.23 bits per heavy atom. The van der Waals surface area contributed by atoms with Gasteiger partial charge in [0.05, 0.1) is 0 Å². The fraction of sp³-hybridized carbons (Fsp3) is 0.880. The molecule has 5 heteroatoms. The molecule has 30 heavy (non-hydrogen) atoms. The van der Waals surface area contributed by atoms with Crippen LogP contribution in [0.25, 0.3) is 0 Å². The first-order valence-corrected chi connectivity index (χ1v) is 12.7. The second kappa shape index (κ2) is 13.1. The number of nitrogens with zero attached hydrogens (tertiary/aromatic N) is 2. The van der Waals surface area contributed by atoms with E-state index in [1.54, 1.807) is 4.90 Å². The molecule has 0 bridgehead atoms. The highest BCUT2D eigenvalue weighted by atomic mass is 16.2. The molecule has 2 N–H and O–H groups in total. The van der Waals surface area contributed by atoms with Crippen molar-refractivity contribution in [2.24, 2.45) is 16.6 Å². The highest BCUT2D eigenvalue weighted by Gasteiger charge is 2.46. The molecule has 0 atom stereocenters. The number of aliphatic imine (C=N–C) groups is 1. The summed E-state index contributed by atoms with van der Waals surface area (Å²) in [6.07, 6.45) is 17.7. The zero-order valence-corrected chi connectivity index (χ0v) is 19.6. The SMILES string of the molecule is CCCCC1(CCCC)N=C(N)N(CCCCCC(=O)CC2CCCCCC2)C1=O. The number of ketones is 1. The van der Waals surface area contributed by atoms with Crippen molar-refractivity contribution in [3.8, 4) is 0 Å². The molecule has 0 radical (unpaired) electrons. The summed E-state index contributed by atoms with van der Waals surface area (Å²) < 4.78 is 0. The van der Waals surface area contributed by atoms with Crippen molar-refractivity contribution in [3.05, 3.63) is 0 Å². The molecular weight excluding hydrogens is 374 g/mol. The van der Waals surface area contributed by atoms with E-state index in [0.717, 1.165) is 64.2 Å². The van der Waals surface area contributed by atoms with Crippen LogP contribution in [-0.4, -0.2) is 34.6 Å². The summed E-state index contributed by atoms with van der Waals surface area (Å²) in [5, 5.41) is 0. The molecule has 172 valence electrons. The highest BCUT2D eigenvalue weighted by Crippen LogP contribution is 2.33. The molecule has 1 aliphatic heterocycles. The first-order chi connectivity index (χ1) is 14.5. The van der Waals surface area contributed by atoms with Crippen molar-refractivity contribution in [1.82, 2.24) is 4.90 Å². The molecule has 5 nitrogen and oxygen atoms in total. The van der Waals surface area contributed by atoms with E-state index in [1.165, 1.54) is 38.5 Å². The minimum absolute atomic E-state index is 0.103. The van der Waals surface area contributed by atoms with Crippen LogP contribution in [0.3, 0.4) is 0 Å². The lowest BCUT2D eigenvalue weighted by molar-refractivity contribution is -0.132. The highest BCUT2D eigenvalue weighted by molar-refractivity contribution is 6.06. The number of Topliss-reactive ketones (excluding diaryl/α,β-unsaturated/α-hetero) is 1. The van der Waals surface area contributed by atoms with Gasteiger partial charge in [-0.25, -0.2) is 4.99 Å². The van der Waals surface area contributed by atoms with E-state index in [1.807, 2.05) is 0 Å². The average Bonchev–Trinajstić information content (AvgIpc) is 2.89. The van der Waals surface area contributed by atoms with Gasteiger partial charge >= 0.3 is 0 Å². The Morgan fingerprint density at radius 1 is 1.00 bits per heavy atom. The first-order valence-electron chi connectivity index (χ1n) is 12.7. The van der Waals surface area contributed by atoms with Crippen molar-refractivity contribution in [3.63, 3.8) is 0 Å². The van der Waals surface area contributed by atoms with Crippen LogP contribution in [-0.2, 0) is 9.59 Å². The Balaban J connectivity index is 1.71. The fourth-order valence-corrected chi connectivity index (χ4v) is 5.05. The van der Waals surface area contributed by atoms with E-state index in [-0.39, 0.29) is 5.91 Å². The topological polar surface area (TPSA) is 75.8 Å². The molecule has 0 aromatic heterocycles.